The second-order valence-electron chi connectivity index (χ2n) is 15.4. The molecule has 7 aromatic rings. The lowest BCUT2D eigenvalue weighted by Crippen LogP contribution is -2.38. The summed E-state index contributed by atoms with van der Waals surface area (Å²) in [6.07, 6.45) is -4.10. The van der Waals surface area contributed by atoms with Crippen LogP contribution in [-0.4, -0.2) is 63.1 Å². The fraction of sp³-hybridized carbons (Fsp3) is 0.262. The highest BCUT2D eigenvalue weighted by Gasteiger charge is 2.67. The number of ketones is 1. The normalized spacial score (nSPS) is 16.6. The van der Waals surface area contributed by atoms with E-state index in [9.17, 15) is 40.7 Å². The Morgan fingerprint density at radius 2 is 1.68 bits per heavy atom. The molecule has 14 nitrogen and oxygen atoms in total. The summed E-state index contributed by atoms with van der Waals surface area (Å²) >= 11 is 6.59. The predicted octanol–water partition coefficient (Wildman–Crippen LogP) is 7.36. The number of benzene rings is 3. The number of anilines is 1. The number of Topliss-reactive ketones (excluding diaryl/α,β-unsaturated/α-hetero) is 1. The van der Waals surface area contributed by atoms with Gasteiger partial charge in [-0.1, -0.05) is 17.7 Å². The van der Waals surface area contributed by atoms with Gasteiger partial charge in [-0.3, -0.25) is 33.1 Å². The molecule has 23 heteroatoms. The van der Waals surface area contributed by atoms with Gasteiger partial charge in [0.05, 0.1) is 38.6 Å². The van der Waals surface area contributed by atoms with Crippen molar-refractivity contribution in [2.45, 2.75) is 63.6 Å². The Balaban J connectivity index is 1.27. The van der Waals surface area contributed by atoms with Gasteiger partial charge in [0.25, 0.3) is 30.2 Å². The number of rotatable bonds is 13. The maximum Gasteiger partial charge on any atom is 0.293 e. The topological polar surface area (TPSA) is 172 Å². The number of fused-ring (bicyclic) bond motifs is 5. The first-order valence-electron chi connectivity index (χ1n) is 19.6. The van der Waals surface area contributed by atoms with E-state index in [2.05, 4.69) is 30.8 Å². The Morgan fingerprint density at radius 1 is 0.954 bits per heavy atom. The summed E-state index contributed by atoms with van der Waals surface area (Å²) in [4.78, 5) is 67.0. The first-order valence-corrected chi connectivity index (χ1v) is 19.9. The molecule has 4 heterocycles. The van der Waals surface area contributed by atoms with Gasteiger partial charge in [0, 0.05) is 48.8 Å². The summed E-state index contributed by atoms with van der Waals surface area (Å²) in [7, 11) is 0. The van der Waals surface area contributed by atoms with Crippen molar-refractivity contribution < 1.29 is 49.5 Å². The van der Waals surface area contributed by atoms with Crippen LogP contribution < -0.4 is 16.2 Å². The summed E-state index contributed by atoms with van der Waals surface area (Å²) in [5.74, 6) is -11.9. The molecule has 0 spiro atoms. The molecule has 2 N–H and O–H groups in total. The molecule has 2 aliphatic rings. The molecular weight excluding hydrogens is 896 g/mol. The summed E-state index contributed by atoms with van der Waals surface area (Å²) in [6, 6.07) is 8.94. The van der Waals surface area contributed by atoms with Crippen LogP contribution in [0.4, 0.5) is 40.9 Å². The summed E-state index contributed by atoms with van der Waals surface area (Å²) in [5.41, 5.74) is -3.49. The zero-order chi connectivity index (χ0) is 46.2. The molecule has 0 saturated heterocycles. The van der Waals surface area contributed by atoms with Gasteiger partial charge >= 0.3 is 0 Å². The van der Waals surface area contributed by atoms with Gasteiger partial charge in [-0.15, -0.1) is 0 Å². The van der Waals surface area contributed by atoms with E-state index in [-0.39, 0.29) is 55.9 Å². The second kappa shape index (κ2) is 16.2. The van der Waals surface area contributed by atoms with E-state index >= 15 is 13.6 Å². The van der Waals surface area contributed by atoms with Crippen LogP contribution in [0.15, 0.2) is 71.8 Å². The number of nitrogens with one attached hydrogen (secondary N) is 2. The second-order valence-corrected chi connectivity index (χ2v) is 15.8. The van der Waals surface area contributed by atoms with Crippen molar-refractivity contribution >= 4 is 56.8 Å². The predicted molar refractivity (Wildman–Crippen MR) is 215 cm³/mol. The summed E-state index contributed by atoms with van der Waals surface area (Å²) in [6.45, 7) is -1.29. The number of amides is 2. The Hall–Kier alpha value is -7.10. The summed E-state index contributed by atoms with van der Waals surface area (Å²) in [5, 5.41) is 12.1. The molecule has 3 aromatic carbocycles. The van der Waals surface area contributed by atoms with E-state index in [4.69, 9.17) is 16.6 Å². The SMILES string of the molecule is CC(=O)C(=O)Nc1nn(CC(F)F)c2c(-n3c([C@H](Cc4cc(F)cc(F)c4)NC(=O)Cn4nc(C(F)F)c5c4C(F)(F)C4CC54)nc4cc(-c5ncccn5)ccc4c3=O)ccc(Cl)c12. The van der Waals surface area contributed by atoms with E-state index in [1.54, 1.807) is 6.07 Å². The molecular formula is C42H29ClF8N10O4. The van der Waals surface area contributed by atoms with Gasteiger partial charge < -0.3 is 10.6 Å². The lowest BCUT2D eigenvalue weighted by Gasteiger charge is -2.24. The van der Waals surface area contributed by atoms with Crippen molar-refractivity contribution in [2.75, 3.05) is 5.32 Å². The molecule has 9 rings (SSSR count). The van der Waals surface area contributed by atoms with Gasteiger partial charge in [0.1, 0.15) is 41.9 Å². The monoisotopic (exact) mass is 924 g/mol. The number of hydrogen-bond acceptors (Lipinski definition) is 9. The highest BCUT2D eigenvalue weighted by molar-refractivity contribution is 6.41. The maximum absolute atomic E-state index is 15.5. The van der Waals surface area contributed by atoms with Crippen molar-refractivity contribution in [1.29, 1.82) is 0 Å². The van der Waals surface area contributed by atoms with Crippen LogP contribution in [0.25, 0.3) is 38.9 Å². The third-order valence-corrected chi connectivity index (χ3v) is 11.4. The van der Waals surface area contributed by atoms with E-state index < -0.39 is 114 Å². The number of carbonyl (C=O) groups excluding carboxylic acids is 3. The van der Waals surface area contributed by atoms with Gasteiger partial charge in [-0.2, -0.15) is 19.0 Å². The number of halogens is 9. The van der Waals surface area contributed by atoms with Crippen LogP contribution in [0, 0.1) is 17.6 Å². The molecule has 334 valence electrons. The minimum Gasteiger partial charge on any atom is -0.344 e. The van der Waals surface area contributed by atoms with Crippen molar-refractivity contribution in [1.82, 2.24) is 44.4 Å². The zero-order valence-electron chi connectivity index (χ0n) is 33.2. The molecule has 2 amide bonds. The standard InChI is InChI=1S/C42H29ClF8N10O4/c1-17(62)40(64)56-38-32-25(43)5-6-28(34(32)59(58-38)15-29(46)47)61-39(55-26-12-19(3-4-22(26)41(61)65)37-52-7-2-8-53-37)27(11-18-9-20(44)13-21(45)10-18)54-30(63)16-60-35-31(33(57-60)36(48)49)23-14-24(23)42(35,50)51/h2-10,12-13,23-24,27,29,36H,11,14-16H2,1H3,(H,54,63)(H,56,58,64)/t23?,24?,27-/m0/s1. The average Bonchev–Trinajstić information content (AvgIpc) is 3.77. The first kappa shape index (κ1) is 43.2. The van der Waals surface area contributed by atoms with Crippen molar-refractivity contribution in [2.24, 2.45) is 5.92 Å². The van der Waals surface area contributed by atoms with E-state index in [1.165, 1.54) is 42.7 Å². The average molecular weight is 925 g/mol. The number of alkyl halides is 6. The van der Waals surface area contributed by atoms with Crippen LogP contribution in [0.3, 0.4) is 0 Å². The third kappa shape index (κ3) is 7.74. The molecule has 0 bridgehead atoms. The van der Waals surface area contributed by atoms with Crippen LogP contribution in [0.5, 0.6) is 0 Å². The minimum absolute atomic E-state index is 0.0497. The molecule has 2 unspecified atom stereocenters. The van der Waals surface area contributed by atoms with Crippen LogP contribution in [0.1, 0.15) is 60.1 Å². The van der Waals surface area contributed by atoms with Crippen LogP contribution in [-0.2, 0) is 39.8 Å². The lowest BCUT2D eigenvalue weighted by molar-refractivity contribution is -0.133. The fourth-order valence-electron chi connectivity index (χ4n) is 8.37. The van der Waals surface area contributed by atoms with Crippen LogP contribution in [0.2, 0.25) is 5.02 Å². The van der Waals surface area contributed by atoms with E-state index in [0.717, 1.165) is 23.6 Å². The van der Waals surface area contributed by atoms with E-state index in [0.29, 0.717) is 21.0 Å². The van der Waals surface area contributed by atoms with Gasteiger partial charge in [0.15, 0.2) is 11.6 Å². The molecule has 1 saturated carbocycles. The smallest absolute Gasteiger partial charge is 0.293 e. The van der Waals surface area contributed by atoms with Crippen molar-refractivity contribution in [3.05, 3.63) is 122 Å². The summed E-state index contributed by atoms with van der Waals surface area (Å²) < 4.78 is 120. The van der Waals surface area contributed by atoms with Gasteiger partial charge in [0.2, 0.25) is 11.7 Å². The first-order chi connectivity index (χ1) is 30.9. The molecule has 3 atom stereocenters. The number of carbonyl (C=O) groups is 3. The largest absolute Gasteiger partial charge is 0.344 e. The van der Waals surface area contributed by atoms with Gasteiger partial charge in [-0.05, 0) is 60.4 Å². The highest BCUT2D eigenvalue weighted by atomic mass is 35.5. The lowest BCUT2D eigenvalue weighted by atomic mass is 10.0. The minimum atomic E-state index is -3.61. The molecule has 4 aromatic heterocycles. The Bertz CT molecular complexity index is 3160. The maximum atomic E-state index is 15.5. The number of hydrogen-bond donors (Lipinski definition) is 2. The number of aromatic nitrogens is 8. The molecule has 0 aliphatic heterocycles. The Kier molecular flexibility index (Phi) is 10.7. The molecule has 1 fully saturated rings. The number of nitrogens with zero attached hydrogens (tertiary/aromatic N) is 8. The third-order valence-electron chi connectivity index (χ3n) is 11.1. The van der Waals surface area contributed by atoms with Gasteiger partial charge in [-0.25, -0.2) is 41.3 Å². The quantitative estimate of drug-likeness (QED) is 0.0886. The zero-order valence-corrected chi connectivity index (χ0v) is 33.9. The molecule has 2 aliphatic carbocycles. The highest BCUT2D eigenvalue weighted by Crippen LogP contribution is 2.68. The van der Waals surface area contributed by atoms with E-state index in [1.807, 2.05) is 0 Å². The molecule has 65 heavy (non-hydrogen) atoms. The Morgan fingerprint density at radius 3 is 2.35 bits per heavy atom. The van der Waals surface area contributed by atoms with Crippen LogP contribution >= 0.6 is 11.6 Å². The Labute approximate surface area is 364 Å². The molecule has 0 radical (unpaired) electrons. The van der Waals surface area contributed by atoms with Crippen molar-refractivity contribution in [3.8, 4) is 17.1 Å². The fourth-order valence-corrected chi connectivity index (χ4v) is 8.61. The van der Waals surface area contributed by atoms with Crippen molar-refractivity contribution in [3.63, 3.8) is 0 Å².